The van der Waals surface area contributed by atoms with Crippen molar-refractivity contribution in [1.29, 1.82) is 0 Å². The van der Waals surface area contributed by atoms with Crippen LogP contribution in [0.5, 0.6) is 0 Å². The van der Waals surface area contributed by atoms with Crippen molar-refractivity contribution in [3.05, 3.63) is 41.5 Å². The zero-order chi connectivity index (χ0) is 27.3. The van der Waals surface area contributed by atoms with Crippen LogP contribution in [0, 0.1) is 53.3 Å². The van der Waals surface area contributed by atoms with Gasteiger partial charge in [-0.05, 0) is 117 Å². The minimum atomic E-state index is -3.73. The van der Waals surface area contributed by atoms with Crippen molar-refractivity contribution in [3.63, 3.8) is 0 Å². The molecule has 0 aromatic heterocycles. The highest BCUT2D eigenvalue weighted by Gasteiger charge is 2.59. The predicted octanol–water partition coefficient (Wildman–Crippen LogP) is 9.11. The van der Waals surface area contributed by atoms with E-state index in [4.69, 9.17) is 4.18 Å². The summed E-state index contributed by atoms with van der Waals surface area (Å²) < 4.78 is 31.8. The highest BCUT2D eigenvalue weighted by atomic mass is 32.2. The van der Waals surface area contributed by atoms with Crippen LogP contribution in [0.2, 0.25) is 0 Å². The second-order valence-corrected chi connectivity index (χ2v) is 16.1. The Hall–Kier alpha value is -1.13. The van der Waals surface area contributed by atoms with Crippen molar-refractivity contribution in [2.75, 3.05) is 0 Å². The lowest BCUT2D eigenvalue weighted by atomic mass is 9.47. The molecule has 4 aliphatic carbocycles. The third kappa shape index (κ3) is 5.18. The summed E-state index contributed by atoms with van der Waals surface area (Å²) in [7, 11) is -3.73. The molecule has 0 saturated heterocycles. The molecule has 3 saturated carbocycles. The summed E-state index contributed by atoms with van der Waals surface area (Å²) in [6, 6.07) is 7.02. The second kappa shape index (κ2) is 10.7. The summed E-state index contributed by atoms with van der Waals surface area (Å²) in [5.74, 6) is 4.93. The lowest BCUT2D eigenvalue weighted by molar-refractivity contribution is -0.0556. The summed E-state index contributed by atoms with van der Waals surface area (Å²) in [5, 5.41) is 0. The Kier molecular flexibility index (Phi) is 7.99. The molecule has 0 heterocycles. The quantitative estimate of drug-likeness (QED) is 0.244. The highest BCUT2D eigenvalue weighted by Crippen LogP contribution is 2.67. The Morgan fingerprint density at radius 3 is 2.39 bits per heavy atom. The molecule has 0 unspecified atom stereocenters. The van der Waals surface area contributed by atoms with Crippen LogP contribution < -0.4 is 0 Å². The summed E-state index contributed by atoms with van der Waals surface area (Å²) in [4.78, 5) is 0.273. The average Bonchev–Trinajstić information content (AvgIpc) is 3.21. The van der Waals surface area contributed by atoms with Crippen molar-refractivity contribution in [2.45, 2.75) is 123 Å². The van der Waals surface area contributed by atoms with Gasteiger partial charge >= 0.3 is 0 Å². The zero-order valence-electron chi connectivity index (χ0n) is 24.8. The van der Waals surface area contributed by atoms with Gasteiger partial charge in [-0.3, -0.25) is 4.18 Å². The molecule has 4 heteroatoms. The number of benzene rings is 1. The van der Waals surface area contributed by atoms with E-state index in [1.54, 1.807) is 12.1 Å². The molecule has 1 aromatic carbocycles. The predicted molar refractivity (Wildman–Crippen MR) is 156 cm³/mol. The fourth-order valence-electron chi connectivity index (χ4n) is 9.67. The summed E-state index contributed by atoms with van der Waals surface area (Å²) in [5.41, 5.74) is 3.24. The van der Waals surface area contributed by atoms with Crippen molar-refractivity contribution in [2.24, 2.45) is 46.3 Å². The normalized spacial score (nSPS) is 37.8. The van der Waals surface area contributed by atoms with E-state index < -0.39 is 10.1 Å². The maximum Gasteiger partial charge on any atom is 0.297 e. The van der Waals surface area contributed by atoms with Gasteiger partial charge in [0.25, 0.3) is 10.1 Å². The molecule has 0 N–H and O–H groups in total. The van der Waals surface area contributed by atoms with Crippen LogP contribution in [0.3, 0.4) is 0 Å². The minimum Gasteiger partial charge on any atom is -0.263 e. The van der Waals surface area contributed by atoms with Gasteiger partial charge in [0, 0.05) is 0 Å². The molecule has 0 bridgehead atoms. The zero-order valence-corrected chi connectivity index (χ0v) is 25.7. The second-order valence-electron chi connectivity index (χ2n) is 14.5. The lowest BCUT2D eigenvalue weighted by Crippen LogP contribution is -2.51. The maximum atomic E-state index is 13.0. The van der Waals surface area contributed by atoms with Crippen LogP contribution >= 0.6 is 0 Å². The van der Waals surface area contributed by atoms with E-state index in [0.29, 0.717) is 5.41 Å². The van der Waals surface area contributed by atoms with Crippen LogP contribution in [0.15, 0.2) is 40.8 Å². The van der Waals surface area contributed by atoms with E-state index in [2.05, 4.69) is 40.7 Å². The molecule has 4 aliphatic rings. The van der Waals surface area contributed by atoms with E-state index in [0.717, 1.165) is 60.3 Å². The number of hydrogen-bond donors (Lipinski definition) is 0. The first-order valence-corrected chi connectivity index (χ1v) is 17.0. The van der Waals surface area contributed by atoms with Crippen LogP contribution in [0.1, 0.15) is 111 Å². The SMILES string of the molecule is Cc1ccc(S(=O)(=O)O[C@H]2CC[C@@]3(C)C(=CC[C@@H]4[C@H]5CC[C@H]([C@H](C)CCCC(C)C)[C@]5(C)CC[C@H]43)C2)cc1. The van der Waals surface area contributed by atoms with Crippen LogP contribution in [0.25, 0.3) is 0 Å². The van der Waals surface area contributed by atoms with Crippen molar-refractivity contribution in [3.8, 4) is 0 Å². The molecule has 38 heavy (non-hydrogen) atoms. The van der Waals surface area contributed by atoms with Gasteiger partial charge in [0.15, 0.2) is 0 Å². The third-order valence-electron chi connectivity index (χ3n) is 11.8. The number of allylic oxidation sites excluding steroid dienone is 1. The molecule has 3 nitrogen and oxygen atoms in total. The van der Waals surface area contributed by atoms with Gasteiger partial charge in [-0.25, -0.2) is 0 Å². The van der Waals surface area contributed by atoms with Gasteiger partial charge in [0.05, 0.1) is 11.0 Å². The third-order valence-corrected chi connectivity index (χ3v) is 13.2. The molecular formula is C34H52O3S. The molecule has 0 aliphatic heterocycles. The van der Waals surface area contributed by atoms with Crippen LogP contribution in [-0.2, 0) is 14.3 Å². The molecule has 0 radical (unpaired) electrons. The van der Waals surface area contributed by atoms with E-state index >= 15 is 0 Å². The van der Waals surface area contributed by atoms with Gasteiger partial charge in [0.1, 0.15) is 0 Å². The van der Waals surface area contributed by atoms with Gasteiger partial charge < -0.3 is 0 Å². The number of rotatable bonds is 8. The summed E-state index contributed by atoms with van der Waals surface area (Å²) in [6.45, 7) is 14.4. The molecular weight excluding hydrogens is 488 g/mol. The van der Waals surface area contributed by atoms with Crippen molar-refractivity contribution in [1.82, 2.24) is 0 Å². The Bertz CT molecular complexity index is 1120. The Morgan fingerprint density at radius 2 is 1.68 bits per heavy atom. The largest absolute Gasteiger partial charge is 0.297 e. The van der Waals surface area contributed by atoms with Crippen molar-refractivity contribution >= 4 is 10.1 Å². The molecule has 8 atom stereocenters. The first kappa shape index (κ1) is 28.4. The fraction of sp³-hybridized carbons (Fsp3) is 0.765. The molecule has 212 valence electrons. The van der Waals surface area contributed by atoms with Gasteiger partial charge in [0.2, 0.25) is 0 Å². The van der Waals surface area contributed by atoms with E-state index in [9.17, 15) is 8.42 Å². The average molecular weight is 541 g/mol. The Balaban J connectivity index is 1.27. The van der Waals surface area contributed by atoms with Crippen LogP contribution in [0.4, 0.5) is 0 Å². The Morgan fingerprint density at radius 1 is 0.947 bits per heavy atom. The fourth-order valence-corrected chi connectivity index (χ4v) is 10.8. The Labute approximate surface area is 233 Å². The number of fused-ring (bicyclic) bond motifs is 5. The topological polar surface area (TPSA) is 43.4 Å². The minimum absolute atomic E-state index is 0.207. The number of hydrogen-bond acceptors (Lipinski definition) is 3. The van der Waals surface area contributed by atoms with Gasteiger partial charge in [-0.15, -0.1) is 0 Å². The molecule has 1 aromatic rings. The first-order valence-electron chi connectivity index (χ1n) is 15.6. The smallest absolute Gasteiger partial charge is 0.263 e. The van der Waals surface area contributed by atoms with E-state index in [-0.39, 0.29) is 16.4 Å². The van der Waals surface area contributed by atoms with Crippen LogP contribution in [-0.4, -0.2) is 14.5 Å². The highest BCUT2D eigenvalue weighted by molar-refractivity contribution is 7.86. The lowest BCUT2D eigenvalue weighted by Gasteiger charge is -2.58. The molecule has 5 rings (SSSR count). The molecule has 0 amide bonds. The van der Waals surface area contributed by atoms with E-state index in [1.807, 2.05) is 19.1 Å². The van der Waals surface area contributed by atoms with Crippen molar-refractivity contribution < 1.29 is 12.6 Å². The van der Waals surface area contributed by atoms with Gasteiger partial charge in [-0.2, -0.15) is 8.42 Å². The number of aryl methyl sites for hydroxylation is 1. The molecule has 0 spiro atoms. The maximum absolute atomic E-state index is 13.0. The standard InChI is InChI=1S/C34H52O3S/c1-23(2)8-7-9-25(4)30-16-17-31-29-15-12-26-22-27(37-38(35,36)28-13-10-24(3)11-14-28)18-20-33(26,5)32(29)19-21-34(30,31)6/h10-14,23,25,27,29-32H,7-9,15-22H2,1-6H3/t25-,27+,29-,30-,31-,32-,33+,34+/m1/s1. The molecule has 3 fully saturated rings. The monoisotopic (exact) mass is 540 g/mol. The van der Waals surface area contributed by atoms with Gasteiger partial charge in [-0.1, -0.05) is 83.2 Å². The first-order chi connectivity index (χ1) is 17.9. The summed E-state index contributed by atoms with van der Waals surface area (Å²) >= 11 is 0. The van der Waals surface area contributed by atoms with E-state index in [1.165, 1.54) is 56.9 Å². The summed E-state index contributed by atoms with van der Waals surface area (Å²) in [6.07, 6.45) is 15.8.